The van der Waals surface area contributed by atoms with Crippen molar-refractivity contribution < 1.29 is 19.4 Å². The minimum Gasteiger partial charge on any atom is -0.512 e. The highest BCUT2D eigenvalue weighted by Gasteiger charge is 2.19. The number of carbonyl (C=O) groups excluding carboxylic acids is 1. The van der Waals surface area contributed by atoms with E-state index in [4.69, 9.17) is 19.9 Å². The molecule has 8 nitrogen and oxygen atoms in total. The average molecular weight is 479 g/mol. The van der Waals surface area contributed by atoms with Gasteiger partial charge in [0, 0.05) is 17.5 Å². The molecule has 0 amide bonds. The molecule has 3 rings (SSSR count). The molecule has 0 spiro atoms. The molecule has 0 atom stereocenters. The summed E-state index contributed by atoms with van der Waals surface area (Å²) in [6, 6.07) is 11.6. The van der Waals surface area contributed by atoms with E-state index < -0.39 is 5.60 Å². The first-order valence-electron chi connectivity index (χ1n) is 11.5. The standard InChI is InChI=1S/C27H34N4O4/c1-17(28)25(18(2)32)20-13-14-31-23(15-20)30-22(12-9-19-7-10-21(34-6)11-8-19)26(31)29-16-24(33)35-27(3,4)5/h7-8,10-11,13-15,28-29,32H,9,12,16H2,1-6H3/b25-18+,28-17?. The zero-order valence-electron chi connectivity index (χ0n) is 21.2. The van der Waals surface area contributed by atoms with E-state index in [0.717, 1.165) is 23.4 Å². The molecule has 2 aromatic heterocycles. The summed E-state index contributed by atoms with van der Waals surface area (Å²) in [6.07, 6.45) is 3.23. The van der Waals surface area contributed by atoms with E-state index >= 15 is 0 Å². The first-order chi connectivity index (χ1) is 16.5. The molecule has 1 aromatic carbocycles. The molecule has 35 heavy (non-hydrogen) atoms. The van der Waals surface area contributed by atoms with E-state index in [1.165, 1.54) is 0 Å². The molecule has 0 saturated heterocycles. The zero-order chi connectivity index (χ0) is 25.8. The topological polar surface area (TPSA) is 109 Å². The van der Waals surface area contributed by atoms with Gasteiger partial charge in [0.15, 0.2) is 0 Å². The maximum atomic E-state index is 12.4. The van der Waals surface area contributed by atoms with E-state index in [-0.39, 0.29) is 24.0 Å². The lowest BCUT2D eigenvalue weighted by Crippen LogP contribution is -2.28. The molecule has 3 N–H and O–H groups in total. The fourth-order valence-electron chi connectivity index (χ4n) is 3.90. The monoisotopic (exact) mass is 478 g/mol. The van der Waals surface area contributed by atoms with Crippen molar-refractivity contribution in [3.63, 3.8) is 0 Å². The van der Waals surface area contributed by atoms with E-state index in [2.05, 4.69) is 5.32 Å². The van der Waals surface area contributed by atoms with Crippen LogP contribution in [-0.2, 0) is 22.4 Å². The summed E-state index contributed by atoms with van der Waals surface area (Å²) < 4.78 is 12.6. The SMILES string of the molecule is COc1ccc(CCc2nc3cc(/C(C(C)=N)=C(\C)O)ccn3c2NCC(=O)OC(C)(C)C)cc1. The number of anilines is 1. The third kappa shape index (κ3) is 6.62. The molecule has 8 heteroatoms. The van der Waals surface area contributed by atoms with Crippen LogP contribution in [0.1, 0.15) is 51.4 Å². The van der Waals surface area contributed by atoms with Crippen LogP contribution < -0.4 is 10.1 Å². The number of nitrogens with one attached hydrogen (secondary N) is 2. The predicted molar refractivity (Wildman–Crippen MR) is 139 cm³/mol. The van der Waals surface area contributed by atoms with Gasteiger partial charge >= 0.3 is 5.97 Å². The Kier molecular flexibility index (Phi) is 7.84. The van der Waals surface area contributed by atoms with Crippen molar-refractivity contribution in [3.05, 3.63) is 65.2 Å². The lowest BCUT2D eigenvalue weighted by molar-refractivity contribution is -0.152. The number of rotatable bonds is 9. The van der Waals surface area contributed by atoms with Gasteiger partial charge in [-0.15, -0.1) is 0 Å². The molecule has 186 valence electrons. The minimum absolute atomic E-state index is 0.00283. The summed E-state index contributed by atoms with van der Waals surface area (Å²) in [7, 11) is 1.64. The second kappa shape index (κ2) is 10.6. The number of aliphatic hydroxyl groups excluding tert-OH is 1. The quantitative estimate of drug-likeness (QED) is 0.221. The van der Waals surface area contributed by atoms with Crippen LogP contribution in [0.15, 0.2) is 48.4 Å². The largest absolute Gasteiger partial charge is 0.512 e. The molecule has 2 heterocycles. The van der Waals surface area contributed by atoms with Crippen LogP contribution in [0.2, 0.25) is 0 Å². The van der Waals surface area contributed by atoms with Crippen LogP contribution in [0.4, 0.5) is 5.82 Å². The van der Waals surface area contributed by atoms with Crippen molar-refractivity contribution >= 4 is 28.7 Å². The number of methoxy groups -OCH3 is 1. The molecule has 0 radical (unpaired) electrons. The molecule has 0 unspecified atom stereocenters. The second-order valence-corrected chi connectivity index (χ2v) is 9.42. The Morgan fingerprint density at radius 3 is 2.40 bits per heavy atom. The third-order valence-electron chi connectivity index (χ3n) is 5.35. The van der Waals surface area contributed by atoms with Crippen molar-refractivity contribution in [1.29, 1.82) is 5.41 Å². The zero-order valence-corrected chi connectivity index (χ0v) is 21.2. The second-order valence-electron chi connectivity index (χ2n) is 9.42. The van der Waals surface area contributed by atoms with Gasteiger partial charge in [0.25, 0.3) is 0 Å². The Bertz CT molecular complexity index is 1250. The van der Waals surface area contributed by atoms with Crippen molar-refractivity contribution in [2.24, 2.45) is 0 Å². The number of aryl methyl sites for hydroxylation is 2. The Balaban J connectivity index is 1.94. The van der Waals surface area contributed by atoms with Crippen LogP contribution in [0.5, 0.6) is 5.75 Å². The first-order valence-corrected chi connectivity index (χ1v) is 11.5. The molecule has 0 aliphatic rings. The number of fused-ring (bicyclic) bond motifs is 1. The number of aliphatic hydroxyl groups is 1. The summed E-state index contributed by atoms with van der Waals surface area (Å²) in [6.45, 7) is 8.71. The normalized spacial score (nSPS) is 12.3. The first kappa shape index (κ1) is 25.8. The van der Waals surface area contributed by atoms with Gasteiger partial charge in [-0.2, -0.15) is 0 Å². The highest BCUT2D eigenvalue weighted by atomic mass is 16.6. The summed E-state index contributed by atoms with van der Waals surface area (Å²) in [5.41, 5.74) is 3.47. The third-order valence-corrected chi connectivity index (χ3v) is 5.35. The fraction of sp³-hybridized carbons (Fsp3) is 0.370. The molecule has 3 aromatic rings. The minimum atomic E-state index is -0.570. The molecule has 0 fully saturated rings. The molecule has 0 bridgehead atoms. The van der Waals surface area contributed by atoms with Gasteiger partial charge in [0.2, 0.25) is 0 Å². The number of allylic oxidation sites excluding steroid dienone is 2. The summed E-state index contributed by atoms with van der Waals surface area (Å²) >= 11 is 0. The Morgan fingerprint density at radius 2 is 1.83 bits per heavy atom. The average Bonchev–Trinajstić information content (AvgIpc) is 3.11. The number of carbonyl (C=O) groups is 1. The number of esters is 1. The van der Waals surface area contributed by atoms with Gasteiger partial charge in [0.1, 0.15) is 29.4 Å². The molecule has 0 aliphatic carbocycles. The number of benzene rings is 1. The molecule has 0 saturated carbocycles. The summed E-state index contributed by atoms with van der Waals surface area (Å²) in [5, 5.41) is 21.3. The maximum absolute atomic E-state index is 12.4. The van der Waals surface area contributed by atoms with Crippen LogP contribution >= 0.6 is 0 Å². The smallest absolute Gasteiger partial charge is 0.325 e. The van der Waals surface area contributed by atoms with E-state index in [0.29, 0.717) is 29.0 Å². The number of imidazole rings is 1. The van der Waals surface area contributed by atoms with Gasteiger partial charge in [0.05, 0.1) is 18.6 Å². The predicted octanol–water partition coefficient (Wildman–Crippen LogP) is 5.21. The highest BCUT2D eigenvalue weighted by Crippen LogP contribution is 2.26. The van der Waals surface area contributed by atoms with Crippen LogP contribution in [0.3, 0.4) is 0 Å². The maximum Gasteiger partial charge on any atom is 0.325 e. The molecular formula is C27H34N4O4. The lowest BCUT2D eigenvalue weighted by Gasteiger charge is -2.20. The van der Waals surface area contributed by atoms with Gasteiger partial charge in [-0.3, -0.25) is 9.20 Å². The number of hydrogen-bond acceptors (Lipinski definition) is 7. The number of nitrogens with zero attached hydrogens (tertiary/aromatic N) is 2. The summed E-state index contributed by atoms with van der Waals surface area (Å²) in [5.74, 6) is 1.24. The van der Waals surface area contributed by atoms with Crippen molar-refractivity contribution in [3.8, 4) is 5.75 Å². The number of aromatic nitrogens is 2. The van der Waals surface area contributed by atoms with Crippen molar-refractivity contribution in [2.45, 2.75) is 53.1 Å². The highest BCUT2D eigenvalue weighted by molar-refractivity contribution is 6.21. The fourth-order valence-corrected chi connectivity index (χ4v) is 3.90. The van der Waals surface area contributed by atoms with E-state index in [1.54, 1.807) is 21.0 Å². The Hall–Kier alpha value is -3.81. The van der Waals surface area contributed by atoms with Crippen LogP contribution in [0, 0.1) is 5.41 Å². The van der Waals surface area contributed by atoms with E-state index in [9.17, 15) is 9.90 Å². The Morgan fingerprint density at radius 1 is 1.14 bits per heavy atom. The van der Waals surface area contributed by atoms with Crippen molar-refractivity contribution in [1.82, 2.24) is 9.38 Å². The van der Waals surface area contributed by atoms with Gasteiger partial charge in [-0.25, -0.2) is 4.98 Å². The number of hydrogen-bond donors (Lipinski definition) is 3. The summed E-state index contributed by atoms with van der Waals surface area (Å²) in [4.78, 5) is 17.2. The van der Waals surface area contributed by atoms with Crippen LogP contribution in [0.25, 0.3) is 11.2 Å². The van der Waals surface area contributed by atoms with Gasteiger partial charge in [-0.1, -0.05) is 12.1 Å². The van der Waals surface area contributed by atoms with Crippen LogP contribution in [-0.4, -0.2) is 45.4 Å². The van der Waals surface area contributed by atoms with Gasteiger partial charge < -0.3 is 25.3 Å². The number of pyridine rings is 1. The lowest BCUT2D eigenvalue weighted by atomic mass is 10.0. The number of ether oxygens (including phenoxy) is 2. The van der Waals surface area contributed by atoms with Gasteiger partial charge in [-0.05, 0) is 82.9 Å². The molecular weight excluding hydrogens is 444 g/mol. The Labute approximate surface area is 206 Å². The molecule has 0 aliphatic heterocycles. The van der Waals surface area contributed by atoms with E-state index in [1.807, 2.05) is 67.8 Å². The van der Waals surface area contributed by atoms with Crippen molar-refractivity contribution in [2.75, 3.05) is 19.0 Å².